The molecule has 0 aromatic heterocycles. The summed E-state index contributed by atoms with van der Waals surface area (Å²) in [5.74, 6) is 0. The molecule has 6 atom stereocenters. The standard InChI is InChI=1S/C8H16O6/c1-3(10)8-7(13)6(12)5(11)4(2-9)14-8/h3-13H,2H2,1H3/t3?,4-,5-,6+,7-,8?/m1/s1. The molecule has 1 aliphatic rings. The van der Waals surface area contributed by atoms with Crippen LogP contribution in [0.4, 0.5) is 0 Å². The first kappa shape index (κ1) is 11.8. The van der Waals surface area contributed by atoms with Gasteiger partial charge in [0.15, 0.2) is 0 Å². The minimum absolute atomic E-state index is 0.478. The lowest BCUT2D eigenvalue weighted by Gasteiger charge is -2.41. The maximum absolute atomic E-state index is 9.41. The third-order valence-corrected chi connectivity index (χ3v) is 2.40. The van der Waals surface area contributed by atoms with Crippen LogP contribution in [0.15, 0.2) is 0 Å². The molecular weight excluding hydrogens is 192 g/mol. The van der Waals surface area contributed by atoms with E-state index in [0.29, 0.717) is 0 Å². The van der Waals surface area contributed by atoms with E-state index >= 15 is 0 Å². The highest BCUT2D eigenvalue weighted by molar-refractivity contribution is 4.93. The van der Waals surface area contributed by atoms with Gasteiger partial charge < -0.3 is 30.3 Å². The van der Waals surface area contributed by atoms with E-state index < -0.39 is 43.2 Å². The van der Waals surface area contributed by atoms with Crippen molar-refractivity contribution >= 4 is 0 Å². The highest BCUT2D eigenvalue weighted by Crippen LogP contribution is 2.22. The Morgan fingerprint density at radius 3 is 2.14 bits per heavy atom. The summed E-state index contributed by atoms with van der Waals surface area (Å²) < 4.78 is 5.03. The molecule has 0 aliphatic carbocycles. The monoisotopic (exact) mass is 208 g/mol. The van der Waals surface area contributed by atoms with Crippen LogP contribution < -0.4 is 0 Å². The third-order valence-electron chi connectivity index (χ3n) is 2.40. The van der Waals surface area contributed by atoms with Crippen LogP contribution in [0.1, 0.15) is 6.92 Å². The van der Waals surface area contributed by atoms with Gasteiger partial charge >= 0.3 is 0 Å². The fourth-order valence-electron chi connectivity index (χ4n) is 1.53. The molecule has 0 bridgehead atoms. The van der Waals surface area contributed by atoms with Crippen LogP contribution in [0.5, 0.6) is 0 Å². The molecule has 1 heterocycles. The Labute approximate surface area is 81.4 Å². The van der Waals surface area contributed by atoms with E-state index in [-0.39, 0.29) is 0 Å². The molecule has 0 radical (unpaired) electrons. The van der Waals surface area contributed by atoms with E-state index in [9.17, 15) is 20.4 Å². The summed E-state index contributed by atoms with van der Waals surface area (Å²) >= 11 is 0. The smallest absolute Gasteiger partial charge is 0.112 e. The minimum atomic E-state index is -1.42. The van der Waals surface area contributed by atoms with Gasteiger partial charge in [-0.3, -0.25) is 0 Å². The Morgan fingerprint density at radius 2 is 1.71 bits per heavy atom. The van der Waals surface area contributed by atoms with E-state index in [0.717, 1.165) is 0 Å². The molecule has 0 saturated carbocycles. The van der Waals surface area contributed by atoms with Crippen LogP contribution in [0.3, 0.4) is 0 Å². The van der Waals surface area contributed by atoms with Crippen molar-refractivity contribution in [1.29, 1.82) is 0 Å². The van der Waals surface area contributed by atoms with Crippen LogP contribution in [0, 0.1) is 0 Å². The van der Waals surface area contributed by atoms with Gasteiger partial charge in [-0.1, -0.05) is 0 Å². The van der Waals surface area contributed by atoms with Crippen molar-refractivity contribution in [3.63, 3.8) is 0 Å². The lowest BCUT2D eigenvalue weighted by Crippen LogP contribution is -2.61. The van der Waals surface area contributed by atoms with Crippen molar-refractivity contribution in [2.45, 2.75) is 43.5 Å². The van der Waals surface area contributed by atoms with Crippen molar-refractivity contribution in [2.24, 2.45) is 0 Å². The highest BCUT2D eigenvalue weighted by atomic mass is 16.6. The van der Waals surface area contributed by atoms with Crippen molar-refractivity contribution in [1.82, 2.24) is 0 Å². The molecule has 6 nitrogen and oxygen atoms in total. The predicted molar refractivity (Wildman–Crippen MR) is 45.4 cm³/mol. The lowest BCUT2D eigenvalue weighted by atomic mass is 9.93. The number of rotatable bonds is 2. The van der Waals surface area contributed by atoms with Crippen LogP contribution in [0.25, 0.3) is 0 Å². The second-order valence-corrected chi connectivity index (χ2v) is 3.53. The van der Waals surface area contributed by atoms with E-state index in [1.54, 1.807) is 0 Å². The van der Waals surface area contributed by atoms with Crippen molar-refractivity contribution < 1.29 is 30.3 Å². The van der Waals surface area contributed by atoms with Gasteiger partial charge in [0.1, 0.15) is 30.5 Å². The van der Waals surface area contributed by atoms with E-state index in [1.807, 2.05) is 0 Å². The maximum Gasteiger partial charge on any atom is 0.112 e. The fraction of sp³-hybridized carbons (Fsp3) is 1.00. The highest BCUT2D eigenvalue weighted by Gasteiger charge is 2.44. The maximum atomic E-state index is 9.41. The zero-order valence-corrected chi connectivity index (χ0v) is 7.82. The molecular formula is C8H16O6. The van der Waals surface area contributed by atoms with Gasteiger partial charge in [0.25, 0.3) is 0 Å². The Kier molecular flexibility index (Phi) is 3.82. The summed E-state index contributed by atoms with van der Waals surface area (Å²) in [6.07, 6.45) is -7.07. The third kappa shape index (κ3) is 2.05. The van der Waals surface area contributed by atoms with Crippen molar-refractivity contribution in [3.05, 3.63) is 0 Å². The van der Waals surface area contributed by atoms with Crippen LogP contribution >= 0.6 is 0 Å². The molecule has 14 heavy (non-hydrogen) atoms. The Bertz CT molecular complexity index is 183. The summed E-state index contributed by atoms with van der Waals surface area (Å²) in [6.45, 7) is 0.918. The predicted octanol–water partition coefficient (Wildman–Crippen LogP) is -2.79. The van der Waals surface area contributed by atoms with Crippen LogP contribution in [-0.4, -0.2) is 68.8 Å². The Hall–Kier alpha value is -0.240. The summed E-state index contributed by atoms with van der Waals surface area (Å²) in [7, 11) is 0. The number of aliphatic hydroxyl groups is 5. The molecule has 6 heteroatoms. The van der Waals surface area contributed by atoms with Gasteiger partial charge in [-0.25, -0.2) is 0 Å². The zero-order valence-electron chi connectivity index (χ0n) is 7.82. The number of hydrogen-bond acceptors (Lipinski definition) is 6. The molecule has 1 fully saturated rings. The van der Waals surface area contributed by atoms with E-state index in [2.05, 4.69) is 0 Å². The van der Waals surface area contributed by atoms with Gasteiger partial charge in [-0.15, -0.1) is 0 Å². The molecule has 0 amide bonds. The van der Waals surface area contributed by atoms with Crippen LogP contribution in [-0.2, 0) is 4.74 Å². The summed E-state index contributed by atoms with van der Waals surface area (Å²) in [4.78, 5) is 0. The first-order valence-electron chi connectivity index (χ1n) is 4.47. The fourth-order valence-corrected chi connectivity index (χ4v) is 1.53. The minimum Gasteiger partial charge on any atom is -0.394 e. The normalized spacial score (nSPS) is 46.3. The van der Waals surface area contributed by atoms with E-state index in [1.165, 1.54) is 6.92 Å². The second-order valence-electron chi connectivity index (χ2n) is 3.53. The molecule has 0 aromatic carbocycles. The summed E-state index contributed by atoms with van der Waals surface area (Å²) in [6, 6.07) is 0. The lowest BCUT2D eigenvalue weighted by molar-refractivity contribution is -0.246. The quantitative estimate of drug-likeness (QED) is 0.335. The van der Waals surface area contributed by atoms with Crippen LogP contribution in [0.2, 0.25) is 0 Å². The summed E-state index contributed by atoms with van der Waals surface area (Å²) in [5, 5.41) is 46.1. The number of ether oxygens (including phenoxy) is 1. The second kappa shape index (κ2) is 4.52. The molecule has 84 valence electrons. The van der Waals surface area contributed by atoms with Gasteiger partial charge in [0, 0.05) is 0 Å². The van der Waals surface area contributed by atoms with E-state index in [4.69, 9.17) is 9.84 Å². The number of hydrogen-bond donors (Lipinski definition) is 5. The molecule has 0 spiro atoms. The largest absolute Gasteiger partial charge is 0.394 e. The summed E-state index contributed by atoms with van der Waals surface area (Å²) in [5.41, 5.74) is 0. The molecule has 5 N–H and O–H groups in total. The average molecular weight is 208 g/mol. The topological polar surface area (TPSA) is 110 Å². The first-order chi connectivity index (χ1) is 6.49. The molecule has 1 rings (SSSR count). The molecule has 1 saturated heterocycles. The van der Waals surface area contributed by atoms with Crippen molar-refractivity contribution in [3.8, 4) is 0 Å². The zero-order chi connectivity index (χ0) is 10.9. The van der Waals surface area contributed by atoms with Gasteiger partial charge in [0.05, 0.1) is 12.7 Å². The molecule has 0 aromatic rings. The van der Waals surface area contributed by atoms with Gasteiger partial charge in [0.2, 0.25) is 0 Å². The Balaban J connectivity index is 2.73. The van der Waals surface area contributed by atoms with Gasteiger partial charge in [-0.05, 0) is 6.92 Å². The SMILES string of the molecule is CC(O)C1O[C@H](CO)[C@@H](O)[C@H](O)[C@H]1O. The Morgan fingerprint density at radius 1 is 1.14 bits per heavy atom. The van der Waals surface area contributed by atoms with Gasteiger partial charge in [-0.2, -0.15) is 0 Å². The molecule has 1 aliphatic heterocycles. The van der Waals surface area contributed by atoms with Crippen molar-refractivity contribution in [2.75, 3.05) is 6.61 Å². The molecule has 2 unspecified atom stereocenters. The first-order valence-corrected chi connectivity index (χ1v) is 4.47. The average Bonchev–Trinajstić information content (AvgIpc) is 2.14. The number of aliphatic hydroxyl groups excluding tert-OH is 5.